The van der Waals surface area contributed by atoms with Gasteiger partial charge in [-0.15, -0.1) is 11.6 Å². The molecule has 1 N–H and O–H groups in total. The molecule has 0 saturated heterocycles. The standard InChI is InChI=1S/C11H13BrClNO/c1-7-3-9(12)5-10(4-7)14-11(15)8(2)6-13/h3-5,8H,6H2,1-2H3,(H,14,15). The highest BCUT2D eigenvalue weighted by Gasteiger charge is 2.11. The van der Waals surface area contributed by atoms with Crippen molar-refractivity contribution in [2.75, 3.05) is 11.2 Å². The molecule has 0 aliphatic heterocycles. The normalized spacial score (nSPS) is 12.3. The number of aryl methyl sites for hydroxylation is 1. The van der Waals surface area contributed by atoms with E-state index in [1.807, 2.05) is 25.1 Å². The molecule has 0 spiro atoms. The lowest BCUT2D eigenvalue weighted by Crippen LogP contribution is -2.21. The van der Waals surface area contributed by atoms with Crippen LogP contribution in [0.5, 0.6) is 0 Å². The molecular weight excluding hydrogens is 277 g/mol. The quantitative estimate of drug-likeness (QED) is 0.847. The number of halogens is 2. The second kappa shape index (κ2) is 5.52. The van der Waals surface area contributed by atoms with E-state index in [1.54, 1.807) is 6.92 Å². The lowest BCUT2D eigenvalue weighted by molar-refractivity contribution is -0.118. The lowest BCUT2D eigenvalue weighted by Gasteiger charge is -2.10. The van der Waals surface area contributed by atoms with Gasteiger partial charge < -0.3 is 5.32 Å². The number of carbonyl (C=O) groups is 1. The molecule has 4 heteroatoms. The Morgan fingerprint density at radius 1 is 1.53 bits per heavy atom. The van der Waals surface area contributed by atoms with Crippen molar-refractivity contribution in [1.29, 1.82) is 0 Å². The van der Waals surface area contributed by atoms with Crippen LogP contribution in [-0.4, -0.2) is 11.8 Å². The third-order valence-electron chi connectivity index (χ3n) is 1.99. The van der Waals surface area contributed by atoms with Gasteiger partial charge in [0.05, 0.1) is 0 Å². The zero-order valence-electron chi connectivity index (χ0n) is 8.68. The van der Waals surface area contributed by atoms with Gasteiger partial charge in [0.25, 0.3) is 0 Å². The van der Waals surface area contributed by atoms with Crippen molar-refractivity contribution in [2.24, 2.45) is 5.92 Å². The molecule has 0 heterocycles. The summed E-state index contributed by atoms with van der Waals surface area (Å²) in [5, 5.41) is 2.82. The number of benzene rings is 1. The highest BCUT2D eigenvalue weighted by Crippen LogP contribution is 2.19. The minimum Gasteiger partial charge on any atom is -0.326 e. The van der Waals surface area contributed by atoms with Crippen LogP contribution in [0, 0.1) is 12.8 Å². The van der Waals surface area contributed by atoms with Crippen LogP contribution in [0.25, 0.3) is 0 Å². The smallest absolute Gasteiger partial charge is 0.228 e. The van der Waals surface area contributed by atoms with Gasteiger partial charge in [-0.3, -0.25) is 4.79 Å². The summed E-state index contributed by atoms with van der Waals surface area (Å²) in [6, 6.07) is 5.77. The van der Waals surface area contributed by atoms with Crippen molar-refractivity contribution in [3.63, 3.8) is 0 Å². The number of rotatable bonds is 3. The molecule has 1 atom stereocenters. The Kier molecular flexibility index (Phi) is 4.61. The molecule has 1 amide bonds. The first kappa shape index (κ1) is 12.5. The third-order valence-corrected chi connectivity index (χ3v) is 2.91. The summed E-state index contributed by atoms with van der Waals surface area (Å²) in [4.78, 5) is 11.6. The lowest BCUT2D eigenvalue weighted by atomic mass is 10.2. The monoisotopic (exact) mass is 289 g/mol. The molecule has 0 saturated carbocycles. The van der Waals surface area contributed by atoms with Crippen molar-refractivity contribution in [1.82, 2.24) is 0 Å². The predicted molar refractivity (Wildman–Crippen MR) is 67.4 cm³/mol. The maximum atomic E-state index is 11.6. The maximum absolute atomic E-state index is 11.6. The third kappa shape index (κ3) is 3.84. The molecule has 1 aromatic rings. The van der Waals surface area contributed by atoms with E-state index in [-0.39, 0.29) is 11.8 Å². The van der Waals surface area contributed by atoms with Gasteiger partial charge in [0, 0.05) is 22.0 Å². The van der Waals surface area contributed by atoms with Gasteiger partial charge in [0.1, 0.15) is 0 Å². The van der Waals surface area contributed by atoms with Crippen LogP contribution in [0.2, 0.25) is 0 Å². The molecule has 0 aliphatic rings. The molecule has 0 aromatic heterocycles. The summed E-state index contributed by atoms with van der Waals surface area (Å²) < 4.78 is 0.955. The SMILES string of the molecule is Cc1cc(Br)cc(NC(=O)C(C)CCl)c1. The molecule has 2 nitrogen and oxygen atoms in total. The largest absolute Gasteiger partial charge is 0.326 e. The highest BCUT2D eigenvalue weighted by molar-refractivity contribution is 9.10. The average molecular weight is 291 g/mol. The summed E-state index contributed by atoms with van der Waals surface area (Å²) in [6.45, 7) is 3.78. The van der Waals surface area contributed by atoms with E-state index >= 15 is 0 Å². The Hall–Kier alpha value is -0.540. The number of carbonyl (C=O) groups excluding carboxylic acids is 1. The van der Waals surface area contributed by atoms with E-state index in [9.17, 15) is 4.79 Å². The highest BCUT2D eigenvalue weighted by atomic mass is 79.9. The molecule has 0 radical (unpaired) electrons. The van der Waals surface area contributed by atoms with Crippen molar-refractivity contribution >= 4 is 39.1 Å². The topological polar surface area (TPSA) is 29.1 Å². The fourth-order valence-corrected chi connectivity index (χ4v) is 1.89. The second-order valence-corrected chi connectivity index (χ2v) is 4.79. The summed E-state index contributed by atoms with van der Waals surface area (Å²) in [5.41, 5.74) is 1.89. The Bertz CT molecular complexity index is 347. The second-order valence-electron chi connectivity index (χ2n) is 3.56. The molecule has 82 valence electrons. The maximum Gasteiger partial charge on any atom is 0.228 e. The fraction of sp³-hybridized carbons (Fsp3) is 0.364. The van der Waals surface area contributed by atoms with Gasteiger partial charge in [0.15, 0.2) is 0 Å². The number of hydrogen-bond donors (Lipinski definition) is 1. The number of hydrogen-bond acceptors (Lipinski definition) is 1. The van der Waals surface area contributed by atoms with Crippen molar-refractivity contribution in [3.05, 3.63) is 28.2 Å². The van der Waals surface area contributed by atoms with E-state index < -0.39 is 0 Å². The van der Waals surface area contributed by atoms with Gasteiger partial charge >= 0.3 is 0 Å². The van der Waals surface area contributed by atoms with Crippen LogP contribution in [0.3, 0.4) is 0 Å². The Morgan fingerprint density at radius 2 is 2.20 bits per heavy atom. The zero-order valence-corrected chi connectivity index (χ0v) is 11.0. The summed E-state index contributed by atoms with van der Waals surface area (Å²) >= 11 is 8.99. The Balaban J connectivity index is 2.76. The molecular formula is C11H13BrClNO. The van der Waals surface area contributed by atoms with E-state index in [0.717, 1.165) is 15.7 Å². The predicted octanol–water partition coefficient (Wildman–Crippen LogP) is 3.57. The van der Waals surface area contributed by atoms with E-state index in [1.165, 1.54) is 0 Å². The number of nitrogens with one attached hydrogen (secondary N) is 1. The first-order valence-corrected chi connectivity index (χ1v) is 5.99. The molecule has 15 heavy (non-hydrogen) atoms. The molecule has 1 aromatic carbocycles. The van der Waals surface area contributed by atoms with Crippen LogP contribution >= 0.6 is 27.5 Å². The van der Waals surface area contributed by atoms with Crippen LogP contribution in [0.1, 0.15) is 12.5 Å². The average Bonchev–Trinajstić information content (AvgIpc) is 2.14. The zero-order chi connectivity index (χ0) is 11.4. The van der Waals surface area contributed by atoms with Crippen LogP contribution in [0.4, 0.5) is 5.69 Å². The van der Waals surface area contributed by atoms with Crippen LogP contribution < -0.4 is 5.32 Å². The fourth-order valence-electron chi connectivity index (χ4n) is 1.14. The van der Waals surface area contributed by atoms with Crippen molar-refractivity contribution in [2.45, 2.75) is 13.8 Å². The van der Waals surface area contributed by atoms with Crippen molar-refractivity contribution < 1.29 is 4.79 Å². The van der Waals surface area contributed by atoms with Crippen LogP contribution in [-0.2, 0) is 4.79 Å². The summed E-state index contributed by atoms with van der Waals surface area (Å²) in [6.07, 6.45) is 0. The van der Waals surface area contributed by atoms with E-state index in [4.69, 9.17) is 11.6 Å². The van der Waals surface area contributed by atoms with E-state index in [0.29, 0.717) is 5.88 Å². The molecule has 0 bridgehead atoms. The molecule has 0 fully saturated rings. The minimum atomic E-state index is -0.175. The number of alkyl halides is 1. The number of amides is 1. The Morgan fingerprint density at radius 3 is 2.73 bits per heavy atom. The first-order chi connectivity index (χ1) is 7.02. The van der Waals surface area contributed by atoms with Gasteiger partial charge in [-0.05, 0) is 30.7 Å². The van der Waals surface area contributed by atoms with Gasteiger partial charge in [-0.1, -0.05) is 22.9 Å². The Labute approximate surface area is 103 Å². The molecule has 0 aliphatic carbocycles. The molecule has 1 unspecified atom stereocenters. The number of anilines is 1. The van der Waals surface area contributed by atoms with Crippen LogP contribution in [0.15, 0.2) is 22.7 Å². The van der Waals surface area contributed by atoms with Gasteiger partial charge in [0.2, 0.25) is 5.91 Å². The van der Waals surface area contributed by atoms with E-state index in [2.05, 4.69) is 21.2 Å². The summed E-state index contributed by atoms with van der Waals surface area (Å²) in [7, 11) is 0. The minimum absolute atomic E-state index is 0.0532. The first-order valence-electron chi connectivity index (χ1n) is 4.67. The van der Waals surface area contributed by atoms with Gasteiger partial charge in [-0.2, -0.15) is 0 Å². The molecule has 1 rings (SSSR count). The van der Waals surface area contributed by atoms with Crippen molar-refractivity contribution in [3.8, 4) is 0 Å². The summed E-state index contributed by atoms with van der Waals surface area (Å²) in [5.74, 6) is 0.104. The van der Waals surface area contributed by atoms with Gasteiger partial charge in [-0.25, -0.2) is 0 Å².